The zero-order chi connectivity index (χ0) is 19.4. The molecule has 0 aliphatic heterocycles. The number of nitrogens with one attached hydrogen (secondary N) is 1. The normalized spacial score (nSPS) is 11.1. The average Bonchev–Trinajstić information content (AvgIpc) is 3.04. The van der Waals surface area contributed by atoms with Crippen LogP contribution in [0.3, 0.4) is 0 Å². The third kappa shape index (κ3) is 4.46. The smallest absolute Gasteiger partial charge is 0.267 e. The minimum absolute atomic E-state index is 0.0492. The van der Waals surface area contributed by atoms with Gasteiger partial charge < -0.3 is 0 Å². The number of hydrogen-bond acceptors (Lipinski definition) is 5. The average molecular weight is 384 g/mol. The van der Waals surface area contributed by atoms with Crippen molar-refractivity contribution in [1.82, 2.24) is 9.66 Å². The van der Waals surface area contributed by atoms with Gasteiger partial charge in [-0.15, -0.1) is 11.8 Å². The first-order chi connectivity index (χ1) is 13.0. The molecule has 0 atom stereocenters. The standard InChI is InChI=1S/C19H20N4O3S/c1-13(2)9-10-27-18-8-7-14(11-17(18)23(25)26)19(24)21-22-12-20-15-5-3-4-6-16(15)22/h3-8,11-13H,9-10H2,1-2H3,(H,21,24). The highest BCUT2D eigenvalue weighted by Gasteiger charge is 2.18. The van der Waals surface area contributed by atoms with Gasteiger partial charge in [0.15, 0.2) is 0 Å². The quantitative estimate of drug-likeness (QED) is 0.369. The van der Waals surface area contributed by atoms with Crippen molar-refractivity contribution in [2.45, 2.75) is 25.2 Å². The highest BCUT2D eigenvalue weighted by atomic mass is 32.2. The van der Waals surface area contributed by atoms with Crippen molar-refractivity contribution < 1.29 is 9.72 Å². The van der Waals surface area contributed by atoms with E-state index in [0.29, 0.717) is 10.8 Å². The Morgan fingerprint density at radius 2 is 2.07 bits per heavy atom. The van der Waals surface area contributed by atoms with Gasteiger partial charge in [0, 0.05) is 11.6 Å². The maximum absolute atomic E-state index is 12.6. The summed E-state index contributed by atoms with van der Waals surface area (Å²) in [5.74, 6) is 0.900. The van der Waals surface area contributed by atoms with E-state index in [9.17, 15) is 14.9 Å². The molecular weight excluding hydrogens is 364 g/mol. The van der Waals surface area contributed by atoms with E-state index in [1.54, 1.807) is 12.1 Å². The molecule has 0 radical (unpaired) electrons. The van der Waals surface area contributed by atoms with E-state index in [1.165, 1.54) is 28.8 Å². The summed E-state index contributed by atoms with van der Waals surface area (Å²) in [6.45, 7) is 4.23. The monoisotopic (exact) mass is 384 g/mol. The minimum atomic E-state index is -0.443. The summed E-state index contributed by atoms with van der Waals surface area (Å²) in [6, 6.07) is 12.0. The molecule has 1 aromatic heterocycles. The minimum Gasteiger partial charge on any atom is -0.267 e. The van der Waals surface area contributed by atoms with E-state index in [1.807, 2.05) is 24.3 Å². The van der Waals surface area contributed by atoms with Gasteiger partial charge in [0.05, 0.1) is 20.9 Å². The van der Waals surface area contributed by atoms with E-state index in [2.05, 4.69) is 24.3 Å². The topological polar surface area (TPSA) is 90.1 Å². The van der Waals surface area contributed by atoms with Crippen LogP contribution < -0.4 is 5.43 Å². The van der Waals surface area contributed by atoms with Crippen molar-refractivity contribution in [1.29, 1.82) is 0 Å². The Morgan fingerprint density at radius 1 is 1.30 bits per heavy atom. The van der Waals surface area contributed by atoms with Crippen LogP contribution in [0.25, 0.3) is 11.0 Å². The number of para-hydroxylation sites is 2. The zero-order valence-corrected chi connectivity index (χ0v) is 15.9. The summed E-state index contributed by atoms with van der Waals surface area (Å²) in [5.41, 5.74) is 4.39. The number of carbonyl (C=O) groups is 1. The molecular formula is C19H20N4O3S. The van der Waals surface area contributed by atoms with Crippen LogP contribution in [0.15, 0.2) is 53.7 Å². The van der Waals surface area contributed by atoms with Crippen LogP contribution in [0.1, 0.15) is 30.6 Å². The Kier molecular flexibility index (Phi) is 5.75. The fourth-order valence-corrected chi connectivity index (χ4v) is 3.80. The third-order valence-corrected chi connectivity index (χ3v) is 5.14. The molecule has 0 spiro atoms. The van der Waals surface area contributed by atoms with Gasteiger partial charge in [0.1, 0.15) is 6.33 Å². The van der Waals surface area contributed by atoms with E-state index in [-0.39, 0.29) is 11.3 Å². The number of imidazole rings is 1. The van der Waals surface area contributed by atoms with Gasteiger partial charge in [-0.1, -0.05) is 26.0 Å². The SMILES string of the molecule is CC(C)CCSc1ccc(C(=O)Nn2cnc3ccccc32)cc1[N+](=O)[O-]. The number of hydrogen-bond donors (Lipinski definition) is 1. The van der Waals surface area contributed by atoms with Crippen LogP contribution in [0.4, 0.5) is 5.69 Å². The van der Waals surface area contributed by atoms with Crippen LogP contribution >= 0.6 is 11.8 Å². The lowest BCUT2D eigenvalue weighted by molar-refractivity contribution is -0.387. The second-order valence-electron chi connectivity index (χ2n) is 6.51. The van der Waals surface area contributed by atoms with Crippen molar-refractivity contribution in [3.05, 3.63) is 64.5 Å². The molecule has 0 fully saturated rings. The molecule has 0 unspecified atom stereocenters. The predicted molar refractivity (Wildman–Crippen MR) is 107 cm³/mol. The predicted octanol–water partition coefficient (Wildman–Crippen LogP) is 4.47. The molecule has 27 heavy (non-hydrogen) atoms. The molecule has 0 aliphatic carbocycles. The summed E-state index contributed by atoms with van der Waals surface area (Å²) in [5, 5.41) is 11.4. The van der Waals surface area contributed by atoms with Gasteiger partial charge >= 0.3 is 0 Å². The summed E-state index contributed by atoms with van der Waals surface area (Å²) in [6.07, 6.45) is 2.48. The largest absolute Gasteiger partial charge is 0.283 e. The molecule has 1 heterocycles. The second kappa shape index (κ2) is 8.22. The Balaban J connectivity index is 1.80. The molecule has 7 nitrogen and oxygen atoms in total. The van der Waals surface area contributed by atoms with Gasteiger partial charge in [0.25, 0.3) is 11.6 Å². The van der Waals surface area contributed by atoms with Crippen molar-refractivity contribution in [3.63, 3.8) is 0 Å². The molecule has 0 saturated heterocycles. The Hall–Kier alpha value is -2.87. The molecule has 3 aromatic rings. The molecule has 1 amide bonds. The van der Waals surface area contributed by atoms with Crippen molar-refractivity contribution in [2.75, 3.05) is 11.2 Å². The van der Waals surface area contributed by atoms with E-state index >= 15 is 0 Å². The molecule has 2 aromatic carbocycles. The maximum atomic E-state index is 12.6. The first kappa shape index (κ1) is 18.9. The third-order valence-electron chi connectivity index (χ3n) is 4.05. The molecule has 140 valence electrons. The fraction of sp³-hybridized carbons (Fsp3) is 0.263. The Bertz CT molecular complexity index is 984. The summed E-state index contributed by atoms with van der Waals surface area (Å²) in [4.78, 5) is 28.3. The number of carbonyl (C=O) groups excluding carboxylic acids is 1. The van der Waals surface area contributed by atoms with E-state index < -0.39 is 10.8 Å². The lowest BCUT2D eigenvalue weighted by atomic mass is 10.2. The summed E-state index contributed by atoms with van der Waals surface area (Å²) < 4.78 is 1.51. The number of aromatic nitrogens is 2. The molecule has 0 aliphatic rings. The highest BCUT2D eigenvalue weighted by Crippen LogP contribution is 2.31. The van der Waals surface area contributed by atoms with Crippen LogP contribution in [0.2, 0.25) is 0 Å². The van der Waals surface area contributed by atoms with Gasteiger partial charge in [-0.25, -0.2) is 9.66 Å². The molecule has 0 saturated carbocycles. The summed E-state index contributed by atoms with van der Waals surface area (Å²) in [7, 11) is 0. The van der Waals surface area contributed by atoms with Crippen molar-refractivity contribution >= 4 is 34.4 Å². The van der Waals surface area contributed by atoms with Crippen LogP contribution in [-0.2, 0) is 0 Å². The van der Waals surface area contributed by atoms with E-state index in [0.717, 1.165) is 23.2 Å². The first-order valence-electron chi connectivity index (χ1n) is 8.60. The molecule has 3 rings (SSSR count). The van der Waals surface area contributed by atoms with Crippen molar-refractivity contribution in [3.8, 4) is 0 Å². The van der Waals surface area contributed by atoms with Gasteiger partial charge in [0.2, 0.25) is 0 Å². The van der Waals surface area contributed by atoms with Crippen LogP contribution in [0, 0.1) is 16.0 Å². The number of nitro benzene ring substituents is 1. The highest BCUT2D eigenvalue weighted by molar-refractivity contribution is 7.99. The van der Waals surface area contributed by atoms with Crippen LogP contribution in [-0.4, -0.2) is 26.2 Å². The zero-order valence-electron chi connectivity index (χ0n) is 15.1. The Labute approximate surface area is 160 Å². The number of benzene rings is 2. The number of fused-ring (bicyclic) bond motifs is 1. The van der Waals surface area contributed by atoms with E-state index in [4.69, 9.17) is 0 Å². The fourth-order valence-electron chi connectivity index (χ4n) is 2.55. The lowest BCUT2D eigenvalue weighted by Crippen LogP contribution is -2.22. The molecule has 0 bridgehead atoms. The Morgan fingerprint density at radius 3 is 2.81 bits per heavy atom. The number of thioether (sulfide) groups is 1. The maximum Gasteiger partial charge on any atom is 0.283 e. The number of amides is 1. The molecule has 8 heteroatoms. The first-order valence-corrected chi connectivity index (χ1v) is 9.59. The number of rotatable bonds is 7. The van der Waals surface area contributed by atoms with Crippen molar-refractivity contribution in [2.24, 2.45) is 5.92 Å². The van der Waals surface area contributed by atoms with Gasteiger partial charge in [-0.3, -0.25) is 20.3 Å². The van der Waals surface area contributed by atoms with Gasteiger partial charge in [-0.05, 0) is 42.4 Å². The summed E-state index contributed by atoms with van der Waals surface area (Å²) >= 11 is 1.44. The van der Waals surface area contributed by atoms with Gasteiger partial charge in [-0.2, -0.15) is 0 Å². The number of nitro groups is 1. The number of nitrogens with zero attached hydrogens (tertiary/aromatic N) is 3. The second-order valence-corrected chi connectivity index (χ2v) is 7.65. The lowest BCUT2D eigenvalue weighted by Gasteiger charge is -2.09. The van der Waals surface area contributed by atoms with Crippen LogP contribution in [0.5, 0.6) is 0 Å². The molecule has 1 N–H and O–H groups in total.